The van der Waals surface area contributed by atoms with Gasteiger partial charge in [-0.1, -0.05) is 6.07 Å². The lowest BCUT2D eigenvalue weighted by Crippen LogP contribution is -2.50. The average molecular weight is 375 g/mol. The van der Waals surface area contributed by atoms with Crippen LogP contribution in [0.4, 0.5) is 0 Å². The standard InChI is InChI=1S/C19H25N3O5/c1-3-27-13-6-4-5-12(9-13)19(25)22-11-14(26-2)10-16(22)18(24)21-15-7-8-20-17(15)23/h4-6,9,14-16H,3,7-8,10-11H2,1-2H3,(H,20,23)(H,21,24). The maximum absolute atomic E-state index is 13.0. The van der Waals surface area contributed by atoms with Crippen molar-refractivity contribution in [2.24, 2.45) is 0 Å². The molecule has 1 aromatic carbocycles. The van der Waals surface area contributed by atoms with Crippen molar-refractivity contribution < 1.29 is 23.9 Å². The lowest BCUT2D eigenvalue weighted by atomic mass is 10.1. The zero-order valence-corrected chi connectivity index (χ0v) is 15.6. The molecule has 2 N–H and O–H groups in total. The van der Waals surface area contributed by atoms with E-state index in [9.17, 15) is 14.4 Å². The van der Waals surface area contributed by atoms with E-state index >= 15 is 0 Å². The zero-order valence-electron chi connectivity index (χ0n) is 15.6. The van der Waals surface area contributed by atoms with Crippen molar-refractivity contribution in [2.45, 2.75) is 38.0 Å². The van der Waals surface area contributed by atoms with Crippen LogP contribution in [0.2, 0.25) is 0 Å². The van der Waals surface area contributed by atoms with Crippen molar-refractivity contribution in [1.82, 2.24) is 15.5 Å². The van der Waals surface area contributed by atoms with Crippen LogP contribution in [0, 0.1) is 0 Å². The van der Waals surface area contributed by atoms with E-state index in [2.05, 4.69) is 10.6 Å². The second-order valence-corrected chi connectivity index (χ2v) is 6.67. The Kier molecular flexibility index (Phi) is 5.95. The molecule has 1 aromatic rings. The van der Waals surface area contributed by atoms with Crippen molar-refractivity contribution in [3.63, 3.8) is 0 Å². The number of ether oxygens (including phenoxy) is 2. The van der Waals surface area contributed by atoms with Gasteiger partial charge in [0.25, 0.3) is 5.91 Å². The highest BCUT2D eigenvalue weighted by Gasteiger charge is 2.41. The van der Waals surface area contributed by atoms with Gasteiger partial charge in [-0.25, -0.2) is 0 Å². The van der Waals surface area contributed by atoms with Crippen molar-refractivity contribution in [1.29, 1.82) is 0 Å². The number of amides is 3. The summed E-state index contributed by atoms with van der Waals surface area (Å²) in [5.41, 5.74) is 0.453. The summed E-state index contributed by atoms with van der Waals surface area (Å²) < 4.78 is 10.8. The van der Waals surface area contributed by atoms with Gasteiger partial charge in [0.2, 0.25) is 11.8 Å². The van der Waals surface area contributed by atoms with Crippen LogP contribution in [0.1, 0.15) is 30.1 Å². The second-order valence-electron chi connectivity index (χ2n) is 6.67. The Bertz CT molecular complexity index is 723. The average Bonchev–Trinajstić information content (AvgIpc) is 3.28. The molecule has 146 valence electrons. The molecule has 0 saturated carbocycles. The molecule has 0 aliphatic carbocycles. The summed E-state index contributed by atoms with van der Waals surface area (Å²) in [5, 5.41) is 5.45. The van der Waals surface area contributed by atoms with Gasteiger partial charge in [-0.3, -0.25) is 14.4 Å². The molecule has 8 heteroatoms. The molecular weight excluding hydrogens is 350 g/mol. The number of nitrogens with zero attached hydrogens (tertiary/aromatic N) is 1. The van der Waals surface area contributed by atoms with E-state index in [0.717, 1.165) is 0 Å². The Balaban J connectivity index is 1.76. The van der Waals surface area contributed by atoms with Gasteiger partial charge < -0.3 is 25.0 Å². The number of benzene rings is 1. The fraction of sp³-hybridized carbons (Fsp3) is 0.526. The first-order valence-corrected chi connectivity index (χ1v) is 9.18. The quantitative estimate of drug-likeness (QED) is 0.746. The van der Waals surface area contributed by atoms with Crippen molar-refractivity contribution in [3.8, 4) is 5.75 Å². The Morgan fingerprint density at radius 1 is 1.37 bits per heavy atom. The number of nitrogens with one attached hydrogen (secondary N) is 2. The normalized spacial score (nSPS) is 24.6. The van der Waals surface area contributed by atoms with Crippen LogP contribution < -0.4 is 15.4 Å². The molecule has 2 fully saturated rings. The molecule has 0 spiro atoms. The maximum Gasteiger partial charge on any atom is 0.254 e. The molecule has 0 bridgehead atoms. The van der Waals surface area contributed by atoms with E-state index < -0.39 is 12.1 Å². The third kappa shape index (κ3) is 4.21. The van der Waals surface area contributed by atoms with Crippen LogP contribution in [0.25, 0.3) is 0 Å². The third-order valence-electron chi connectivity index (χ3n) is 4.92. The number of rotatable bonds is 6. The first-order valence-electron chi connectivity index (χ1n) is 9.18. The molecule has 8 nitrogen and oxygen atoms in total. The molecule has 3 amide bonds. The van der Waals surface area contributed by atoms with Crippen LogP contribution in [-0.4, -0.2) is 67.6 Å². The number of hydrogen-bond donors (Lipinski definition) is 2. The Morgan fingerprint density at radius 3 is 2.85 bits per heavy atom. The van der Waals surface area contributed by atoms with Crippen LogP contribution in [0.3, 0.4) is 0 Å². The van der Waals surface area contributed by atoms with E-state index in [1.54, 1.807) is 31.4 Å². The summed E-state index contributed by atoms with van der Waals surface area (Å²) in [4.78, 5) is 39.0. The molecular formula is C19H25N3O5. The first-order chi connectivity index (χ1) is 13.0. The Morgan fingerprint density at radius 2 is 2.19 bits per heavy atom. The van der Waals surface area contributed by atoms with E-state index in [1.165, 1.54) is 4.90 Å². The molecule has 2 saturated heterocycles. The zero-order chi connectivity index (χ0) is 19.4. The van der Waals surface area contributed by atoms with Crippen molar-refractivity contribution >= 4 is 17.7 Å². The van der Waals surface area contributed by atoms with Crippen molar-refractivity contribution in [3.05, 3.63) is 29.8 Å². The summed E-state index contributed by atoms with van der Waals surface area (Å²) >= 11 is 0. The summed E-state index contributed by atoms with van der Waals surface area (Å²) in [6.45, 7) is 3.24. The first kappa shape index (κ1) is 19.2. The van der Waals surface area contributed by atoms with Gasteiger partial charge in [0.15, 0.2) is 0 Å². The lowest BCUT2D eigenvalue weighted by molar-refractivity contribution is -0.129. The lowest BCUT2D eigenvalue weighted by Gasteiger charge is -2.25. The fourth-order valence-corrected chi connectivity index (χ4v) is 3.49. The van der Waals surface area contributed by atoms with Gasteiger partial charge >= 0.3 is 0 Å². The summed E-state index contributed by atoms with van der Waals surface area (Å²) in [5.74, 6) is -0.167. The second kappa shape index (κ2) is 8.39. The number of carbonyl (C=O) groups is 3. The van der Waals surface area contributed by atoms with E-state index in [4.69, 9.17) is 9.47 Å². The third-order valence-corrected chi connectivity index (χ3v) is 4.92. The SMILES string of the molecule is CCOc1cccc(C(=O)N2CC(OC)CC2C(=O)NC2CCNC2=O)c1. The molecule has 27 heavy (non-hydrogen) atoms. The summed E-state index contributed by atoms with van der Waals surface area (Å²) in [6.07, 6.45) is 0.722. The van der Waals surface area contributed by atoms with Crippen molar-refractivity contribution in [2.75, 3.05) is 26.8 Å². The van der Waals surface area contributed by atoms with Crippen LogP contribution in [0.5, 0.6) is 5.75 Å². The minimum absolute atomic E-state index is 0.188. The highest BCUT2D eigenvalue weighted by molar-refractivity contribution is 5.99. The molecule has 3 rings (SSSR count). The van der Waals surface area contributed by atoms with E-state index in [-0.39, 0.29) is 23.8 Å². The monoisotopic (exact) mass is 375 g/mol. The molecule has 0 aromatic heterocycles. The number of methoxy groups -OCH3 is 1. The predicted molar refractivity (Wildman–Crippen MR) is 97.4 cm³/mol. The van der Waals surface area contributed by atoms with Crippen LogP contribution in [0.15, 0.2) is 24.3 Å². The smallest absolute Gasteiger partial charge is 0.254 e. The number of carbonyl (C=O) groups excluding carboxylic acids is 3. The molecule has 2 aliphatic rings. The highest BCUT2D eigenvalue weighted by atomic mass is 16.5. The number of hydrogen-bond acceptors (Lipinski definition) is 5. The van der Waals surface area contributed by atoms with E-state index in [1.807, 2.05) is 6.92 Å². The molecule has 2 heterocycles. The van der Waals surface area contributed by atoms with Gasteiger partial charge in [-0.2, -0.15) is 0 Å². The van der Waals surface area contributed by atoms with Gasteiger partial charge in [-0.15, -0.1) is 0 Å². The summed E-state index contributed by atoms with van der Waals surface area (Å²) in [6, 6.07) is 5.69. The van der Waals surface area contributed by atoms with Gasteiger partial charge in [0.1, 0.15) is 17.8 Å². The minimum atomic E-state index is -0.674. The van der Waals surface area contributed by atoms with Crippen LogP contribution in [-0.2, 0) is 14.3 Å². The summed E-state index contributed by atoms with van der Waals surface area (Å²) in [7, 11) is 1.56. The predicted octanol–water partition coefficient (Wildman–Crippen LogP) is 0.320. The van der Waals surface area contributed by atoms with Gasteiger partial charge in [0, 0.05) is 32.2 Å². The van der Waals surface area contributed by atoms with Gasteiger partial charge in [-0.05, 0) is 31.5 Å². The Labute approximate surface area is 158 Å². The highest BCUT2D eigenvalue weighted by Crippen LogP contribution is 2.24. The van der Waals surface area contributed by atoms with E-state index in [0.29, 0.717) is 43.9 Å². The maximum atomic E-state index is 13.0. The van der Waals surface area contributed by atoms with Crippen LogP contribution >= 0.6 is 0 Å². The topological polar surface area (TPSA) is 97.0 Å². The molecule has 0 radical (unpaired) electrons. The van der Waals surface area contributed by atoms with Gasteiger partial charge in [0.05, 0.1) is 12.7 Å². The minimum Gasteiger partial charge on any atom is -0.494 e. The number of likely N-dealkylation sites (tertiary alicyclic amines) is 1. The fourth-order valence-electron chi connectivity index (χ4n) is 3.49. The Hall–Kier alpha value is -2.61. The molecule has 2 aliphatic heterocycles. The largest absolute Gasteiger partial charge is 0.494 e. The molecule has 3 unspecified atom stereocenters. The molecule has 3 atom stereocenters.